The molecule has 0 bridgehead atoms. The molecule has 7 nitrogen and oxygen atoms in total. The molecule has 1 aliphatic rings. The molecule has 2 aromatic carbocycles. The Hall–Kier alpha value is -2.74. The predicted octanol–water partition coefficient (Wildman–Crippen LogP) is 1.26. The molecule has 1 fully saturated rings. The van der Waals surface area contributed by atoms with Gasteiger partial charge in [0.25, 0.3) is 0 Å². The van der Waals surface area contributed by atoms with Crippen LogP contribution in [-0.4, -0.2) is 78.7 Å². The number of aliphatic imine (C=N–C) groups is 1. The molecule has 2 amide bonds. The zero-order valence-electron chi connectivity index (χ0n) is 17.4. The number of carbonyl (C=O) groups is 2. The third-order valence-corrected chi connectivity index (χ3v) is 5.69. The van der Waals surface area contributed by atoms with Crippen molar-refractivity contribution in [3.05, 3.63) is 48.0 Å². The molecule has 0 aliphatic carbocycles. The molecule has 30 heavy (non-hydrogen) atoms. The average molecular weight is 430 g/mol. The van der Waals surface area contributed by atoms with Gasteiger partial charge in [0, 0.05) is 32.1 Å². The molecule has 3 rings (SSSR count). The van der Waals surface area contributed by atoms with E-state index in [1.54, 1.807) is 9.80 Å². The quantitative estimate of drug-likeness (QED) is 0.393. The Balaban J connectivity index is 1.43. The standard InChI is InChI=1S/C22H27N3O4S/c1-30(2)16-20(26)23-14-21(27)24-9-11-25(12-10-24)22(28)29-15-17-7-8-18-5-3-4-6-19(18)13-17/h3-8,13H,9-12,14-16H2,1-2H3. The summed E-state index contributed by atoms with van der Waals surface area (Å²) in [5.41, 5.74) is 0.934. The van der Waals surface area contributed by atoms with Gasteiger partial charge in [-0.05, 0) is 33.3 Å². The normalized spacial score (nSPS) is 15.0. The predicted molar refractivity (Wildman–Crippen MR) is 119 cm³/mol. The first-order valence-electron chi connectivity index (χ1n) is 9.84. The fraction of sp³-hybridized carbons (Fsp3) is 0.409. The van der Waals surface area contributed by atoms with Crippen LogP contribution in [0.3, 0.4) is 0 Å². The second-order valence-corrected chi connectivity index (χ2v) is 9.70. The Kier molecular flexibility index (Phi) is 7.57. The molecule has 8 heteroatoms. The first-order chi connectivity index (χ1) is 14.4. The van der Waals surface area contributed by atoms with Crippen LogP contribution in [0.25, 0.3) is 10.8 Å². The van der Waals surface area contributed by atoms with Gasteiger partial charge in [0.05, 0.1) is 12.5 Å². The van der Waals surface area contributed by atoms with Gasteiger partial charge in [-0.25, -0.2) is 4.79 Å². The largest absolute Gasteiger partial charge is 0.859 e. The third-order valence-electron chi connectivity index (χ3n) is 4.87. The van der Waals surface area contributed by atoms with Crippen molar-refractivity contribution in [3.63, 3.8) is 0 Å². The molecule has 2 aromatic rings. The van der Waals surface area contributed by atoms with Crippen LogP contribution in [0.4, 0.5) is 4.79 Å². The summed E-state index contributed by atoms with van der Waals surface area (Å²) in [5.74, 6) is -0.0309. The molecule has 0 spiro atoms. The van der Waals surface area contributed by atoms with Crippen LogP contribution in [0.2, 0.25) is 0 Å². The van der Waals surface area contributed by atoms with E-state index in [1.807, 2.05) is 55.0 Å². The summed E-state index contributed by atoms with van der Waals surface area (Å²) < 4.78 is 5.45. The molecule has 0 unspecified atom stereocenters. The topological polar surface area (TPSA) is 85.3 Å². The van der Waals surface area contributed by atoms with E-state index in [2.05, 4.69) is 4.99 Å². The van der Waals surface area contributed by atoms with Crippen LogP contribution in [0.1, 0.15) is 5.56 Å². The van der Waals surface area contributed by atoms with Crippen molar-refractivity contribution in [1.82, 2.24) is 9.80 Å². The van der Waals surface area contributed by atoms with Crippen LogP contribution in [-0.2, 0) is 27.0 Å². The highest BCUT2D eigenvalue weighted by Gasteiger charge is 2.24. The molecule has 0 aromatic heterocycles. The maximum atomic E-state index is 12.4. The Bertz CT molecular complexity index is 923. The van der Waals surface area contributed by atoms with Crippen molar-refractivity contribution in [1.29, 1.82) is 0 Å². The van der Waals surface area contributed by atoms with Gasteiger partial charge >= 0.3 is 6.09 Å². The summed E-state index contributed by atoms with van der Waals surface area (Å²) in [6, 6.07) is 14.0. The van der Waals surface area contributed by atoms with Gasteiger partial charge in [0.15, 0.2) is 0 Å². The van der Waals surface area contributed by atoms with E-state index in [9.17, 15) is 14.7 Å². The lowest BCUT2D eigenvalue weighted by molar-refractivity contribution is -0.215. The van der Waals surface area contributed by atoms with Gasteiger partial charge in [-0.1, -0.05) is 36.4 Å². The maximum Gasteiger partial charge on any atom is 0.410 e. The molecule has 0 radical (unpaired) electrons. The van der Waals surface area contributed by atoms with Crippen molar-refractivity contribution < 1.29 is 19.4 Å². The van der Waals surface area contributed by atoms with Crippen LogP contribution >= 0.6 is 0 Å². The van der Waals surface area contributed by atoms with Crippen molar-refractivity contribution in [2.24, 2.45) is 4.99 Å². The first kappa shape index (κ1) is 22.0. The highest BCUT2D eigenvalue weighted by molar-refractivity contribution is 7.96. The van der Waals surface area contributed by atoms with Crippen molar-refractivity contribution >= 4 is 39.6 Å². The summed E-state index contributed by atoms with van der Waals surface area (Å²) in [4.78, 5) is 31.7. The number of carbonyl (C=O) groups excluding carboxylic acids is 2. The zero-order valence-corrected chi connectivity index (χ0v) is 18.2. The minimum Gasteiger partial charge on any atom is -0.859 e. The highest BCUT2D eigenvalue weighted by atomic mass is 32.2. The second kappa shape index (κ2) is 10.3. The molecule has 1 saturated heterocycles. The van der Waals surface area contributed by atoms with Crippen LogP contribution < -0.4 is 5.11 Å². The maximum absolute atomic E-state index is 12.4. The molecule has 0 atom stereocenters. The van der Waals surface area contributed by atoms with Gasteiger partial charge in [0.2, 0.25) is 5.91 Å². The summed E-state index contributed by atoms with van der Waals surface area (Å²) in [5, 5.41) is 13.9. The van der Waals surface area contributed by atoms with Crippen LogP contribution in [0.15, 0.2) is 47.5 Å². The lowest BCUT2D eigenvalue weighted by Crippen LogP contribution is -2.51. The Labute approximate surface area is 179 Å². The van der Waals surface area contributed by atoms with E-state index in [1.165, 1.54) is 0 Å². The number of ether oxygens (including phenoxy) is 1. The van der Waals surface area contributed by atoms with E-state index in [0.29, 0.717) is 31.9 Å². The molecule has 0 saturated carbocycles. The molecule has 1 aliphatic heterocycles. The van der Waals surface area contributed by atoms with Gasteiger partial charge < -0.3 is 19.6 Å². The fourth-order valence-electron chi connectivity index (χ4n) is 3.25. The van der Waals surface area contributed by atoms with Gasteiger partial charge in [-0.2, -0.15) is 0 Å². The monoisotopic (exact) mass is 429 g/mol. The van der Waals surface area contributed by atoms with E-state index >= 15 is 0 Å². The minimum absolute atomic E-state index is 0.0247. The van der Waals surface area contributed by atoms with Crippen LogP contribution in [0.5, 0.6) is 0 Å². The van der Waals surface area contributed by atoms with Crippen molar-refractivity contribution in [2.45, 2.75) is 6.61 Å². The second-order valence-electron chi connectivity index (χ2n) is 7.44. The number of hydrogen-bond donors (Lipinski definition) is 0. The zero-order chi connectivity index (χ0) is 21.5. The molecule has 0 N–H and O–H groups in total. The lowest BCUT2D eigenvalue weighted by atomic mass is 10.1. The third kappa shape index (κ3) is 6.13. The van der Waals surface area contributed by atoms with Gasteiger partial charge in [-0.15, -0.1) is 0 Å². The minimum atomic E-state index is -0.381. The van der Waals surface area contributed by atoms with Crippen LogP contribution in [0, 0.1) is 0 Å². The van der Waals surface area contributed by atoms with Crippen molar-refractivity contribution in [2.75, 3.05) is 51.0 Å². The Morgan fingerprint density at radius 2 is 1.70 bits per heavy atom. The van der Waals surface area contributed by atoms with Gasteiger partial charge in [0.1, 0.15) is 18.9 Å². The summed E-state index contributed by atoms with van der Waals surface area (Å²) >= 11 is 0. The number of piperazine rings is 1. The Morgan fingerprint density at radius 3 is 2.40 bits per heavy atom. The van der Waals surface area contributed by atoms with E-state index in [4.69, 9.17) is 4.74 Å². The number of fused-ring (bicyclic) bond motifs is 1. The molecule has 1 heterocycles. The molecular formula is C22H27N3O4S. The summed E-state index contributed by atoms with van der Waals surface area (Å²) in [6.45, 7) is 1.73. The number of hydrogen-bond acceptors (Lipinski definition) is 5. The molecule has 160 valence electrons. The van der Waals surface area contributed by atoms with E-state index in [0.717, 1.165) is 16.3 Å². The number of nitrogens with zero attached hydrogens (tertiary/aromatic N) is 3. The smallest absolute Gasteiger partial charge is 0.410 e. The van der Waals surface area contributed by atoms with Gasteiger partial charge in [-0.3, -0.25) is 9.79 Å². The number of benzene rings is 2. The Morgan fingerprint density at radius 1 is 1.03 bits per heavy atom. The summed E-state index contributed by atoms with van der Waals surface area (Å²) in [7, 11) is -0.0247. The number of rotatable bonds is 6. The lowest BCUT2D eigenvalue weighted by Gasteiger charge is -2.34. The number of amides is 2. The van der Waals surface area contributed by atoms with E-state index < -0.39 is 0 Å². The van der Waals surface area contributed by atoms with E-state index in [-0.39, 0.29) is 41.9 Å². The highest BCUT2D eigenvalue weighted by Crippen LogP contribution is 2.16. The SMILES string of the molecule is C[S+](C)CC([O-])=NCC(=O)N1CCN(C(=O)OCc2ccc3ccccc3c2)CC1. The summed E-state index contributed by atoms with van der Waals surface area (Å²) in [6.07, 6.45) is 3.55. The fourth-order valence-corrected chi connectivity index (χ4v) is 3.84. The van der Waals surface area contributed by atoms with Crippen molar-refractivity contribution in [3.8, 4) is 0 Å². The molecular weight excluding hydrogens is 402 g/mol. The average Bonchev–Trinajstić information content (AvgIpc) is 2.75. The first-order valence-corrected chi connectivity index (χ1v) is 12.0.